The van der Waals surface area contributed by atoms with Crippen LogP contribution in [0.2, 0.25) is 0 Å². The van der Waals surface area contributed by atoms with Gasteiger partial charge in [0.2, 0.25) is 0 Å². The van der Waals surface area contributed by atoms with Gasteiger partial charge in [0, 0.05) is 13.5 Å². The number of benzene rings is 2. The van der Waals surface area contributed by atoms with Gasteiger partial charge in [-0.2, -0.15) is 0 Å². The van der Waals surface area contributed by atoms with Crippen LogP contribution >= 0.6 is 0 Å². The molecule has 1 N–H and O–H groups in total. The maximum Gasteiger partial charge on any atom is 0.347 e. The minimum atomic E-state index is -0.605. The highest BCUT2D eigenvalue weighted by molar-refractivity contribution is 5.94. The first-order valence-electron chi connectivity index (χ1n) is 6.79. The zero-order chi connectivity index (χ0) is 15.9. The second-order valence-corrected chi connectivity index (χ2v) is 4.60. The van der Waals surface area contributed by atoms with Crippen molar-refractivity contribution in [3.63, 3.8) is 0 Å². The van der Waals surface area contributed by atoms with Crippen LogP contribution < -0.4 is 9.47 Å². The van der Waals surface area contributed by atoms with Crippen LogP contribution in [0.4, 0.5) is 0 Å². The molecule has 0 unspecified atom stereocenters. The lowest BCUT2D eigenvalue weighted by Crippen LogP contribution is -2.12. The van der Waals surface area contributed by atoms with E-state index in [4.69, 9.17) is 14.6 Å². The molecule has 2 aromatic rings. The first-order chi connectivity index (χ1) is 10.6. The van der Waals surface area contributed by atoms with Crippen LogP contribution in [0.5, 0.6) is 11.5 Å². The minimum Gasteiger partial charge on any atom is -0.426 e. The highest BCUT2D eigenvalue weighted by Gasteiger charge is 2.15. The summed E-state index contributed by atoms with van der Waals surface area (Å²) in [5.74, 6) is -0.568. The second kappa shape index (κ2) is 7.38. The highest BCUT2D eigenvalue weighted by atomic mass is 16.5. The van der Waals surface area contributed by atoms with E-state index in [9.17, 15) is 9.59 Å². The monoisotopic (exact) mass is 300 g/mol. The Morgan fingerprint density at radius 1 is 1.00 bits per heavy atom. The molecule has 0 spiro atoms. The fourth-order valence-corrected chi connectivity index (χ4v) is 1.89. The van der Waals surface area contributed by atoms with Crippen molar-refractivity contribution in [2.24, 2.45) is 0 Å². The van der Waals surface area contributed by atoms with Crippen LogP contribution in [0, 0.1) is 0 Å². The van der Waals surface area contributed by atoms with Gasteiger partial charge in [-0.1, -0.05) is 24.3 Å². The number of para-hydroxylation sites is 1. The van der Waals surface area contributed by atoms with Crippen molar-refractivity contribution >= 4 is 11.9 Å². The Bertz CT molecular complexity index is 661. The fourth-order valence-electron chi connectivity index (χ4n) is 1.89. The number of aliphatic hydroxyl groups excluding tert-OH is 1. The number of aliphatic hydroxyl groups is 1. The van der Waals surface area contributed by atoms with Crippen molar-refractivity contribution in [1.82, 2.24) is 0 Å². The zero-order valence-electron chi connectivity index (χ0n) is 12.1. The molecule has 0 fully saturated rings. The molecule has 0 amide bonds. The summed E-state index contributed by atoms with van der Waals surface area (Å²) in [6.45, 7) is 1.33. The third-order valence-electron chi connectivity index (χ3n) is 2.90. The number of hydrogen-bond acceptors (Lipinski definition) is 5. The number of carbonyl (C=O) groups excluding carboxylic acids is 2. The molecule has 0 saturated carbocycles. The van der Waals surface area contributed by atoms with Gasteiger partial charge in [-0.25, -0.2) is 4.79 Å². The Kier molecular flexibility index (Phi) is 5.27. The summed E-state index contributed by atoms with van der Waals surface area (Å²) in [5.41, 5.74) is 1.12. The molecule has 0 saturated heterocycles. The normalized spacial score (nSPS) is 10.1. The standard InChI is InChI=1S/C17H16O5/c1-12(19)21-16-5-3-2-4-15(16)17(20)22-14-8-6-13(7-9-14)10-11-18/h2-9,18H,10-11H2,1H3. The molecule has 0 bridgehead atoms. The van der Waals surface area contributed by atoms with E-state index in [0.717, 1.165) is 5.56 Å². The van der Waals surface area contributed by atoms with Crippen LogP contribution in [-0.4, -0.2) is 23.7 Å². The molecule has 0 atom stereocenters. The summed E-state index contributed by atoms with van der Waals surface area (Å²) in [6, 6.07) is 13.2. The summed E-state index contributed by atoms with van der Waals surface area (Å²) in [6.07, 6.45) is 0.545. The Balaban J connectivity index is 2.13. The first kappa shape index (κ1) is 15.7. The van der Waals surface area contributed by atoms with Crippen LogP contribution in [0.1, 0.15) is 22.8 Å². The summed E-state index contributed by atoms with van der Waals surface area (Å²) in [5, 5.41) is 8.86. The third-order valence-corrected chi connectivity index (χ3v) is 2.90. The molecule has 2 rings (SSSR count). The van der Waals surface area contributed by atoms with Gasteiger partial charge in [0.15, 0.2) is 0 Å². The van der Waals surface area contributed by atoms with Crippen molar-refractivity contribution in [2.45, 2.75) is 13.3 Å². The molecule has 5 nitrogen and oxygen atoms in total. The van der Waals surface area contributed by atoms with E-state index in [-0.39, 0.29) is 17.9 Å². The Labute approximate surface area is 128 Å². The summed E-state index contributed by atoms with van der Waals surface area (Å²) in [7, 11) is 0. The molecule has 0 heterocycles. The summed E-state index contributed by atoms with van der Waals surface area (Å²) in [4.78, 5) is 23.2. The van der Waals surface area contributed by atoms with Gasteiger partial charge < -0.3 is 14.6 Å². The summed E-state index contributed by atoms with van der Waals surface area (Å²) < 4.78 is 10.3. The average molecular weight is 300 g/mol. The van der Waals surface area contributed by atoms with Gasteiger partial charge in [-0.15, -0.1) is 0 Å². The van der Waals surface area contributed by atoms with E-state index in [1.54, 1.807) is 36.4 Å². The Hall–Kier alpha value is -2.66. The number of rotatable bonds is 5. The molecule has 0 aliphatic heterocycles. The molecule has 0 aromatic heterocycles. The second-order valence-electron chi connectivity index (χ2n) is 4.60. The van der Waals surface area contributed by atoms with Gasteiger partial charge in [-0.05, 0) is 36.2 Å². The van der Waals surface area contributed by atoms with Crippen molar-refractivity contribution in [1.29, 1.82) is 0 Å². The molecular formula is C17H16O5. The minimum absolute atomic E-state index is 0.0644. The molecule has 0 radical (unpaired) electrons. The van der Waals surface area contributed by atoms with E-state index >= 15 is 0 Å². The number of esters is 2. The predicted octanol–water partition coefficient (Wildman–Crippen LogP) is 2.37. The van der Waals surface area contributed by atoms with E-state index in [0.29, 0.717) is 12.2 Å². The highest BCUT2D eigenvalue weighted by Crippen LogP contribution is 2.21. The van der Waals surface area contributed by atoms with Crippen molar-refractivity contribution in [2.75, 3.05) is 6.61 Å². The van der Waals surface area contributed by atoms with Crippen LogP contribution in [0.25, 0.3) is 0 Å². The van der Waals surface area contributed by atoms with Crippen LogP contribution in [-0.2, 0) is 11.2 Å². The van der Waals surface area contributed by atoms with E-state index in [1.165, 1.54) is 19.1 Å². The van der Waals surface area contributed by atoms with Crippen molar-refractivity contribution in [3.05, 3.63) is 59.7 Å². The van der Waals surface area contributed by atoms with Gasteiger partial charge in [-0.3, -0.25) is 4.79 Å². The average Bonchev–Trinajstić information content (AvgIpc) is 2.49. The number of hydrogen-bond donors (Lipinski definition) is 1. The fraction of sp³-hybridized carbons (Fsp3) is 0.176. The van der Waals surface area contributed by atoms with E-state index in [2.05, 4.69) is 0 Å². The largest absolute Gasteiger partial charge is 0.426 e. The van der Waals surface area contributed by atoms with Crippen LogP contribution in [0.15, 0.2) is 48.5 Å². The predicted molar refractivity (Wildman–Crippen MR) is 79.9 cm³/mol. The molecule has 5 heteroatoms. The van der Waals surface area contributed by atoms with Crippen LogP contribution in [0.3, 0.4) is 0 Å². The van der Waals surface area contributed by atoms with Crippen molar-refractivity contribution < 1.29 is 24.2 Å². The lowest BCUT2D eigenvalue weighted by atomic mass is 10.1. The SMILES string of the molecule is CC(=O)Oc1ccccc1C(=O)Oc1ccc(CCO)cc1. The molecule has 114 valence electrons. The molecule has 22 heavy (non-hydrogen) atoms. The first-order valence-corrected chi connectivity index (χ1v) is 6.79. The smallest absolute Gasteiger partial charge is 0.347 e. The molecule has 0 aliphatic carbocycles. The number of carbonyl (C=O) groups is 2. The lowest BCUT2D eigenvalue weighted by molar-refractivity contribution is -0.131. The third kappa shape index (κ3) is 4.17. The molecule has 2 aromatic carbocycles. The topological polar surface area (TPSA) is 72.8 Å². The Morgan fingerprint density at radius 3 is 2.32 bits per heavy atom. The summed E-state index contributed by atoms with van der Waals surface area (Å²) >= 11 is 0. The molecular weight excluding hydrogens is 284 g/mol. The van der Waals surface area contributed by atoms with Gasteiger partial charge >= 0.3 is 11.9 Å². The van der Waals surface area contributed by atoms with Gasteiger partial charge in [0.25, 0.3) is 0 Å². The Morgan fingerprint density at radius 2 is 1.68 bits per heavy atom. The maximum absolute atomic E-state index is 12.2. The molecule has 0 aliphatic rings. The van der Waals surface area contributed by atoms with E-state index in [1.807, 2.05) is 0 Å². The zero-order valence-corrected chi connectivity index (χ0v) is 12.1. The maximum atomic E-state index is 12.2. The van der Waals surface area contributed by atoms with Gasteiger partial charge in [0.1, 0.15) is 17.1 Å². The van der Waals surface area contributed by atoms with E-state index < -0.39 is 11.9 Å². The van der Waals surface area contributed by atoms with Gasteiger partial charge in [0.05, 0.1) is 0 Å². The quantitative estimate of drug-likeness (QED) is 0.678. The number of ether oxygens (including phenoxy) is 2. The van der Waals surface area contributed by atoms with Crippen molar-refractivity contribution in [3.8, 4) is 11.5 Å². The lowest BCUT2D eigenvalue weighted by Gasteiger charge is -2.09.